The third-order valence-electron chi connectivity index (χ3n) is 4.73. The number of nitrogens with zero attached hydrogens (tertiary/aromatic N) is 1. The smallest absolute Gasteiger partial charge is 0.242 e. The largest absolute Gasteiger partial charge is 0.353 e. The summed E-state index contributed by atoms with van der Waals surface area (Å²) in [6.45, 7) is 1.31. The molecule has 2 unspecified atom stereocenters. The van der Waals surface area contributed by atoms with Crippen LogP contribution in [0.15, 0.2) is 42.5 Å². The molecule has 0 saturated heterocycles. The number of carbonyl (C=O) groups excluding carboxylic acids is 1. The third kappa shape index (κ3) is 5.37. The minimum absolute atomic E-state index is 0. The molecule has 2 atom stereocenters. The molecule has 28 heavy (non-hydrogen) atoms. The van der Waals surface area contributed by atoms with E-state index in [1.54, 1.807) is 25.1 Å². The van der Waals surface area contributed by atoms with Crippen molar-refractivity contribution in [1.29, 1.82) is 0 Å². The topological polar surface area (TPSA) is 44.4 Å². The molecular formula is C20H25Cl3FN3O. The Balaban J connectivity index is 0.00000196. The number of likely N-dealkylation sites (N-methyl/N-ethyl adjacent to an activating group) is 1. The normalized spacial score (nSPS) is 16.4. The zero-order valence-corrected chi connectivity index (χ0v) is 18.1. The average Bonchev–Trinajstić information content (AvgIpc) is 2.62. The van der Waals surface area contributed by atoms with E-state index in [9.17, 15) is 9.18 Å². The van der Waals surface area contributed by atoms with Crippen LogP contribution in [0.25, 0.3) is 0 Å². The van der Waals surface area contributed by atoms with Gasteiger partial charge in [0.05, 0.1) is 0 Å². The molecule has 2 N–H and O–H groups in total. The third-order valence-corrected chi connectivity index (χ3v) is 5.06. The molecule has 1 heterocycles. The van der Waals surface area contributed by atoms with Crippen LogP contribution in [-0.2, 0) is 11.2 Å². The Bertz CT molecular complexity index is 784. The van der Waals surface area contributed by atoms with Crippen LogP contribution in [0, 0.1) is 5.82 Å². The molecule has 154 valence electrons. The van der Waals surface area contributed by atoms with E-state index in [-0.39, 0.29) is 47.3 Å². The number of hydrogen-bond acceptors (Lipinski definition) is 3. The summed E-state index contributed by atoms with van der Waals surface area (Å²) in [6, 6.07) is 11.9. The Labute approximate surface area is 182 Å². The summed E-state index contributed by atoms with van der Waals surface area (Å²) in [7, 11) is 3.47. The molecule has 2 aromatic carbocycles. The van der Waals surface area contributed by atoms with E-state index in [1.807, 2.05) is 12.1 Å². The Morgan fingerprint density at radius 2 is 1.96 bits per heavy atom. The van der Waals surface area contributed by atoms with Crippen LogP contribution in [0.2, 0.25) is 5.02 Å². The molecule has 3 rings (SSSR count). The predicted molar refractivity (Wildman–Crippen MR) is 116 cm³/mol. The number of amides is 1. The van der Waals surface area contributed by atoms with Gasteiger partial charge in [0.2, 0.25) is 5.91 Å². The lowest BCUT2D eigenvalue weighted by atomic mass is 9.94. The van der Waals surface area contributed by atoms with Crippen molar-refractivity contribution in [2.24, 2.45) is 0 Å². The fourth-order valence-electron chi connectivity index (χ4n) is 3.47. The van der Waals surface area contributed by atoms with E-state index in [4.69, 9.17) is 11.6 Å². The number of hydrogen-bond donors (Lipinski definition) is 2. The van der Waals surface area contributed by atoms with Crippen molar-refractivity contribution < 1.29 is 9.18 Å². The highest BCUT2D eigenvalue weighted by Gasteiger charge is 2.29. The SMILES string of the molecule is CN(C)C(C(=O)NCC1NCCc2ccccc21)c1c(F)cccc1Cl.Cl.Cl. The number of halogens is 4. The molecule has 0 spiro atoms. The number of rotatable bonds is 5. The maximum atomic E-state index is 14.3. The molecule has 1 aliphatic heterocycles. The first-order valence-corrected chi connectivity index (χ1v) is 9.06. The molecule has 0 bridgehead atoms. The van der Waals surface area contributed by atoms with Gasteiger partial charge in [0, 0.05) is 23.2 Å². The first-order chi connectivity index (χ1) is 12.5. The summed E-state index contributed by atoms with van der Waals surface area (Å²) < 4.78 is 14.3. The van der Waals surface area contributed by atoms with Gasteiger partial charge in [-0.3, -0.25) is 9.69 Å². The van der Waals surface area contributed by atoms with Gasteiger partial charge in [0.15, 0.2) is 0 Å². The van der Waals surface area contributed by atoms with Crippen molar-refractivity contribution in [2.75, 3.05) is 27.2 Å². The molecule has 0 fully saturated rings. The second-order valence-electron chi connectivity index (χ2n) is 6.70. The Kier molecular flexibility index (Phi) is 9.67. The van der Waals surface area contributed by atoms with Gasteiger partial charge in [-0.1, -0.05) is 41.9 Å². The molecule has 1 aliphatic rings. The molecular weight excluding hydrogens is 424 g/mol. The van der Waals surface area contributed by atoms with Gasteiger partial charge in [0.25, 0.3) is 0 Å². The maximum Gasteiger partial charge on any atom is 0.242 e. The van der Waals surface area contributed by atoms with Gasteiger partial charge in [-0.05, 0) is 50.3 Å². The van der Waals surface area contributed by atoms with Crippen molar-refractivity contribution in [3.8, 4) is 0 Å². The Hall–Kier alpha value is -1.37. The van der Waals surface area contributed by atoms with Gasteiger partial charge in [-0.15, -0.1) is 24.8 Å². The number of benzene rings is 2. The van der Waals surface area contributed by atoms with E-state index in [0.29, 0.717) is 6.54 Å². The standard InChI is InChI=1S/C20H23ClFN3O.2ClH/c1-25(2)19(18-15(21)8-5-9-16(18)22)20(26)24-12-17-14-7-4-3-6-13(14)10-11-23-17;;/h3-9,17,19,23H,10-12H2,1-2H3,(H,24,26);2*1H. The highest BCUT2D eigenvalue weighted by molar-refractivity contribution is 6.31. The lowest BCUT2D eigenvalue weighted by Crippen LogP contribution is -2.43. The summed E-state index contributed by atoms with van der Waals surface area (Å²) in [6.07, 6.45) is 0.978. The van der Waals surface area contributed by atoms with E-state index in [0.717, 1.165) is 13.0 Å². The summed E-state index contributed by atoms with van der Waals surface area (Å²) in [5.74, 6) is -0.751. The first kappa shape index (κ1) is 24.7. The fraction of sp³-hybridized carbons (Fsp3) is 0.350. The average molecular weight is 449 g/mol. The lowest BCUT2D eigenvalue weighted by molar-refractivity contribution is -0.126. The van der Waals surface area contributed by atoms with Crippen molar-refractivity contribution in [2.45, 2.75) is 18.5 Å². The molecule has 4 nitrogen and oxygen atoms in total. The van der Waals surface area contributed by atoms with Gasteiger partial charge >= 0.3 is 0 Å². The number of carbonyl (C=O) groups is 1. The van der Waals surface area contributed by atoms with E-state index < -0.39 is 11.9 Å². The van der Waals surface area contributed by atoms with Crippen LogP contribution in [0.4, 0.5) is 4.39 Å². The molecule has 0 aromatic heterocycles. The summed E-state index contributed by atoms with van der Waals surface area (Å²) in [5, 5.41) is 6.64. The molecule has 0 saturated carbocycles. The Morgan fingerprint density at radius 3 is 2.64 bits per heavy atom. The van der Waals surface area contributed by atoms with E-state index in [2.05, 4.69) is 22.8 Å². The lowest BCUT2D eigenvalue weighted by Gasteiger charge is -2.29. The minimum atomic E-state index is -0.789. The highest BCUT2D eigenvalue weighted by Crippen LogP contribution is 2.29. The zero-order valence-electron chi connectivity index (χ0n) is 15.7. The Morgan fingerprint density at radius 1 is 1.25 bits per heavy atom. The fourth-order valence-corrected chi connectivity index (χ4v) is 3.74. The quantitative estimate of drug-likeness (QED) is 0.728. The summed E-state index contributed by atoms with van der Waals surface area (Å²) >= 11 is 6.17. The summed E-state index contributed by atoms with van der Waals surface area (Å²) in [4.78, 5) is 14.5. The maximum absolute atomic E-state index is 14.3. The van der Waals surface area contributed by atoms with Crippen LogP contribution >= 0.6 is 36.4 Å². The summed E-state index contributed by atoms with van der Waals surface area (Å²) in [5.41, 5.74) is 2.70. The van der Waals surface area contributed by atoms with Crippen molar-refractivity contribution in [3.63, 3.8) is 0 Å². The molecule has 0 aliphatic carbocycles. The predicted octanol–water partition coefficient (Wildman–Crippen LogP) is 3.93. The van der Waals surface area contributed by atoms with Gasteiger partial charge < -0.3 is 10.6 Å². The second-order valence-corrected chi connectivity index (χ2v) is 7.11. The van der Waals surface area contributed by atoms with E-state index in [1.165, 1.54) is 23.3 Å². The van der Waals surface area contributed by atoms with Crippen LogP contribution in [0.3, 0.4) is 0 Å². The molecule has 8 heteroatoms. The first-order valence-electron chi connectivity index (χ1n) is 8.68. The van der Waals surface area contributed by atoms with Crippen LogP contribution in [0.1, 0.15) is 28.8 Å². The van der Waals surface area contributed by atoms with Crippen molar-refractivity contribution in [1.82, 2.24) is 15.5 Å². The zero-order chi connectivity index (χ0) is 18.7. The monoisotopic (exact) mass is 447 g/mol. The van der Waals surface area contributed by atoms with Crippen LogP contribution in [0.5, 0.6) is 0 Å². The van der Waals surface area contributed by atoms with Crippen LogP contribution in [-0.4, -0.2) is 38.0 Å². The van der Waals surface area contributed by atoms with E-state index >= 15 is 0 Å². The number of fused-ring (bicyclic) bond motifs is 1. The number of nitrogens with one attached hydrogen (secondary N) is 2. The molecule has 2 aromatic rings. The van der Waals surface area contributed by atoms with Gasteiger partial charge in [-0.25, -0.2) is 4.39 Å². The highest BCUT2D eigenvalue weighted by atomic mass is 35.5. The molecule has 1 amide bonds. The molecule has 0 radical (unpaired) electrons. The van der Waals surface area contributed by atoms with Crippen LogP contribution < -0.4 is 10.6 Å². The van der Waals surface area contributed by atoms with Crippen molar-refractivity contribution in [3.05, 3.63) is 70.0 Å². The van der Waals surface area contributed by atoms with Gasteiger partial charge in [0.1, 0.15) is 11.9 Å². The second kappa shape index (κ2) is 11.0. The van der Waals surface area contributed by atoms with Gasteiger partial charge in [-0.2, -0.15) is 0 Å². The van der Waals surface area contributed by atoms with Crippen molar-refractivity contribution >= 4 is 42.3 Å². The minimum Gasteiger partial charge on any atom is -0.353 e.